The molecule has 30 heavy (non-hydrogen) atoms. The molecule has 0 bridgehead atoms. The largest absolute Gasteiger partial charge is 0.514 e. The molecule has 1 saturated heterocycles. The van der Waals surface area contributed by atoms with Crippen LogP contribution in [0.3, 0.4) is 0 Å². The molecule has 0 spiro atoms. The van der Waals surface area contributed by atoms with Crippen LogP contribution < -0.4 is 9.64 Å². The molecule has 0 saturated carbocycles. The smallest absolute Gasteiger partial charge is 0.242 e. The standard InChI is InChI=1S/C22H28B3N3O2/c1-15-13-17-7-10-19(16-5-8-18(9-6-16)30-22(23,24)25)26-21(17)28(15)14-20(29)27-11-3-2-4-12-27/h5-10H,1-4,11-14,23-25H2. The molecule has 1 aromatic carbocycles. The van der Waals surface area contributed by atoms with Crippen LogP contribution in [-0.2, 0) is 11.2 Å². The van der Waals surface area contributed by atoms with Crippen LogP contribution in [0.1, 0.15) is 24.8 Å². The molecule has 1 aromatic heterocycles. The van der Waals surface area contributed by atoms with E-state index in [0.717, 1.165) is 66.4 Å². The van der Waals surface area contributed by atoms with Gasteiger partial charge in [-0.05, 0) is 49.6 Å². The van der Waals surface area contributed by atoms with Gasteiger partial charge in [-0.15, -0.1) is 0 Å². The first-order valence-corrected chi connectivity index (χ1v) is 10.8. The number of benzene rings is 1. The molecular formula is C22H28B3N3O2. The number of ether oxygens (including phenoxy) is 1. The van der Waals surface area contributed by atoms with Crippen molar-refractivity contribution < 1.29 is 9.53 Å². The maximum atomic E-state index is 12.8. The summed E-state index contributed by atoms with van der Waals surface area (Å²) in [6.45, 7) is 6.24. The molecule has 1 fully saturated rings. The molecule has 152 valence electrons. The molecule has 5 nitrogen and oxygen atoms in total. The fourth-order valence-electron chi connectivity index (χ4n) is 4.09. The number of hydrogen-bond acceptors (Lipinski definition) is 4. The molecule has 0 N–H and O–H groups in total. The van der Waals surface area contributed by atoms with Crippen molar-refractivity contribution in [3.8, 4) is 17.0 Å². The normalized spacial score (nSPS) is 16.5. The second-order valence-corrected chi connectivity index (χ2v) is 9.19. The van der Waals surface area contributed by atoms with E-state index >= 15 is 0 Å². The number of pyridine rings is 1. The van der Waals surface area contributed by atoms with Gasteiger partial charge >= 0.3 is 0 Å². The van der Waals surface area contributed by atoms with E-state index in [4.69, 9.17) is 9.72 Å². The summed E-state index contributed by atoms with van der Waals surface area (Å²) in [5.74, 6) is 1.87. The molecule has 2 aromatic rings. The third kappa shape index (κ3) is 4.58. The quantitative estimate of drug-likeness (QED) is 0.689. The molecular weight excluding hydrogens is 371 g/mol. The van der Waals surface area contributed by atoms with Crippen molar-refractivity contribution in [2.24, 2.45) is 0 Å². The Balaban J connectivity index is 1.53. The Bertz CT molecular complexity index is 951. The van der Waals surface area contributed by atoms with Crippen LogP contribution in [0.2, 0.25) is 0 Å². The van der Waals surface area contributed by atoms with Crippen molar-refractivity contribution in [2.45, 2.75) is 31.0 Å². The van der Waals surface area contributed by atoms with E-state index in [-0.39, 0.29) is 11.2 Å². The van der Waals surface area contributed by atoms with Gasteiger partial charge in [-0.3, -0.25) is 4.79 Å². The Morgan fingerprint density at radius 2 is 1.77 bits per heavy atom. The van der Waals surface area contributed by atoms with Gasteiger partial charge in [0.2, 0.25) is 5.91 Å². The number of fused-ring (bicyclic) bond motifs is 1. The van der Waals surface area contributed by atoms with E-state index in [1.54, 1.807) is 0 Å². The lowest BCUT2D eigenvalue weighted by atomic mass is 9.52. The van der Waals surface area contributed by atoms with Crippen LogP contribution in [0.15, 0.2) is 48.7 Å². The van der Waals surface area contributed by atoms with Gasteiger partial charge < -0.3 is 14.5 Å². The highest BCUT2D eigenvalue weighted by atomic mass is 16.5. The van der Waals surface area contributed by atoms with Crippen molar-refractivity contribution >= 4 is 35.3 Å². The van der Waals surface area contributed by atoms with E-state index < -0.39 is 0 Å². The zero-order valence-corrected chi connectivity index (χ0v) is 18.3. The van der Waals surface area contributed by atoms with E-state index in [1.807, 2.05) is 63.7 Å². The zero-order chi connectivity index (χ0) is 21.3. The highest BCUT2D eigenvalue weighted by Gasteiger charge is 2.28. The fraction of sp³-hybridized carbons (Fsp3) is 0.364. The number of anilines is 1. The summed E-state index contributed by atoms with van der Waals surface area (Å²) in [5, 5.41) is -0.227. The van der Waals surface area contributed by atoms with Crippen molar-refractivity contribution in [2.75, 3.05) is 24.5 Å². The van der Waals surface area contributed by atoms with Crippen molar-refractivity contribution in [3.05, 3.63) is 54.2 Å². The molecule has 8 heteroatoms. The van der Waals surface area contributed by atoms with Crippen LogP contribution >= 0.6 is 0 Å². The van der Waals surface area contributed by atoms with Crippen LogP contribution in [0.5, 0.6) is 5.75 Å². The van der Waals surface area contributed by atoms with Crippen molar-refractivity contribution in [1.29, 1.82) is 0 Å². The SMILES string of the molecule is BC(B)(B)Oc1ccc(-c2ccc3c(n2)N(CC(=O)N2CCCCC2)C(=C)C3)cc1. The summed E-state index contributed by atoms with van der Waals surface area (Å²) >= 11 is 0. The van der Waals surface area contributed by atoms with Crippen molar-refractivity contribution in [1.82, 2.24) is 9.88 Å². The second-order valence-electron chi connectivity index (χ2n) is 9.19. The van der Waals surface area contributed by atoms with Crippen LogP contribution in [0.4, 0.5) is 5.82 Å². The average Bonchev–Trinajstić information content (AvgIpc) is 3.02. The van der Waals surface area contributed by atoms with Crippen molar-refractivity contribution in [3.63, 3.8) is 0 Å². The number of allylic oxidation sites excluding steroid dienone is 1. The van der Waals surface area contributed by atoms with Gasteiger partial charge in [0.1, 0.15) is 41.7 Å². The highest BCUT2D eigenvalue weighted by molar-refractivity contribution is 6.58. The summed E-state index contributed by atoms with van der Waals surface area (Å²) in [6, 6.07) is 12.2. The fourth-order valence-corrected chi connectivity index (χ4v) is 4.09. The van der Waals surface area contributed by atoms with Gasteiger partial charge in [0.15, 0.2) is 0 Å². The van der Waals surface area contributed by atoms with Crippen LogP contribution in [-0.4, -0.2) is 64.3 Å². The number of amides is 1. The minimum atomic E-state index is -0.227. The van der Waals surface area contributed by atoms with Gasteiger partial charge in [-0.25, -0.2) is 4.98 Å². The third-order valence-electron chi connectivity index (χ3n) is 5.56. The molecule has 1 amide bonds. The molecule has 3 heterocycles. The second kappa shape index (κ2) is 8.25. The zero-order valence-electron chi connectivity index (χ0n) is 18.3. The predicted octanol–water partition coefficient (Wildman–Crippen LogP) is 0.527. The van der Waals surface area contributed by atoms with Gasteiger partial charge in [0.05, 0.1) is 5.69 Å². The van der Waals surface area contributed by atoms with E-state index in [0.29, 0.717) is 6.54 Å². The molecule has 0 atom stereocenters. The number of hydrogen-bond donors (Lipinski definition) is 0. The van der Waals surface area contributed by atoms with E-state index in [9.17, 15) is 4.79 Å². The lowest BCUT2D eigenvalue weighted by Crippen LogP contribution is -2.42. The van der Waals surface area contributed by atoms with Gasteiger partial charge in [0.25, 0.3) is 0 Å². The molecule has 0 radical (unpaired) electrons. The summed E-state index contributed by atoms with van der Waals surface area (Å²) < 4.78 is 5.92. The molecule has 0 aliphatic carbocycles. The monoisotopic (exact) mass is 399 g/mol. The van der Waals surface area contributed by atoms with Gasteiger partial charge in [0, 0.05) is 41.6 Å². The Labute approximate surface area is 181 Å². The number of carbonyl (C=O) groups is 1. The molecule has 0 unspecified atom stereocenters. The summed E-state index contributed by atoms with van der Waals surface area (Å²) in [6.07, 6.45) is 4.16. The number of aromatic nitrogens is 1. The maximum Gasteiger partial charge on any atom is 0.242 e. The summed E-state index contributed by atoms with van der Waals surface area (Å²) in [7, 11) is 6.11. The summed E-state index contributed by atoms with van der Waals surface area (Å²) in [4.78, 5) is 21.7. The minimum absolute atomic E-state index is 0.166. The average molecular weight is 399 g/mol. The Morgan fingerprint density at radius 1 is 1.07 bits per heavy atom. The Kier molecular flexibility index (Phi) is 5.67. The highest BCUT2D eigenvalue weighted by Crippen LogP contribution is 2.34. The number of carbonyl (C=O) groups excluding carboxylic acids is 1. The first-order valence-electron chi connectivity index (χ1n) is 10.8. The first-order chi connectivity index (χ1) is 14.3. The predicted molar refractivity (Wildman–Crippen MR) is 129 cm³/mol. The Morgan fingerprint density at radius 3 is 2.43 bits per heavy atom. The number of piperidine rings is 1. The first kappa shape index (κ1) is 20.6. The lowest BCUT2D eigenvalue weighted by molar-refractivity contribution is -0.130. The molecule has 4 rings (SSSR count). The van der Waals surface area contributed by atoms with Crippen LogP contribution in [0.25, 0.3) is 11.3 Å². The minimum Gasteiger partial charge on any atom is -0.514 e. The topological polar surface area (TPSA) is 45.7 Å². The Hall–Kier alpha value is -2.63. The van der Waals surface area contributed by atoms with E-state index in [1.165, 1.54) is 6.42 Å². The number of rotatable bonds is 5. The van der Waals surface area contributed by atoms with Gasteiger partial charge in [-0.1, -0.05) is 12.6 Å². The third-order valence-corrected chi connectivity index (χ3v) is 5.56. The van der Waals surface area contributed by atoms with Gasteiger partial charge in [-0.2, -0.15) is 0 Å². The molecule has 2 aliphatic heterocycles. The molecule has 2 aliphatic rings. The van der Waals surface area contributed by atoms with E-state index in [2.05, 4.69) is 12.6 Å². The number of likely N-dealkylation sites (tertiary alicyclic amines) is 1. The summed E-state index contributed by atoms with van der Waals surface area (Å²) in [5.41, 5.74) is 3.98. The van der Waals surface area contributed by atoms with Crippen LogP contribution in [0, 0.1) is 0 Å². The maximum absolute atomic E-state index is 12.8. The number of nitrogens with zero attached hydrogens (tertiary/aromatic N) is 3. The lowest BCUT2D eigenvalue weighted by Gasteiger charge is -2.29.